The molecule has 2 aromatic rings. The molecule has 22 heavy (non-hydrogen) atoms. The van der Waals surface area contributed by atoms with Gasteiger partial charge < -0.3 is 10.4 Å². The molecule has 0 saturated heterocycles. The third-order valence-corrected chi connectivity index (χ3v) is 4.44. The van der Waals surface area contributed by atoms with Crippen molar-refractivity contribution in [3.8, 4) is 11.3 Å². The number of carboxylic acid groups (broad SMARTS) is 1. The monoisotopic (exact) mass is 299 g/mol. The fourth-order valence-corrected chi connectivity index (χ4v) is 3.10. The summed E-state index contributed by atoms with van der Waals surface area (Å²) in [5.74, 6) is -0.813. The van der Waals surface area contributed by atoms with Crippen LogP contribution in [0.25, 0.3) is 11.3 Å². The molecule has 0 bridgehead atoms. The van der Waals surface area contributed by atoms with Crippen molar-refractivity contribution in [2.75, 3.05) is 0 Å². The minimum atomic E-state index is -0.653. The van der Waals surface area contributed by atoms with Gasteiger partial charge in [0, 0.05) is 18.2 Å². The smallest absolute Gasteiger partial charge is 0.306 e. The molecule has 1 fully saturated rings. The van der Waals surface area contributed by atoms with Gasteiger partial charge in [-0.1, -0.05) is 30.3 Å². The van der Waals surface area contributed by atoms with Gasteiger partial charge in [0.25, 0.3) is 0 Å². The van der Waals surface area contributed by atoms with Crippen LogP contribution in [0.15, 0.2) is 36.5 Å². The van der Waals surface area contributed by atoms with Crippen molar-refractivity contribution < 1.29 is 9.90 Å². The summed E-state index contributed by atoms with van der Waals surface area (Å²) in [4.78, 5) is 11.0. The molecule has 3 rings (SSSR count). The second kappa shape index (κ2) is 6.75. The predicted molar refractivity (Wildman–Crippen MR) is 84.2 cm³/mol. The highest BCUT2D eigenvalue weighted by Crippen LogP contribution is 2.25. The Labute approximate surface area is 129 Å². The van der Waals surface area contributed by atoms with E-state index in [1.54, 1.807) is 0 Å². The van der Waals surface area contributed by atoms with E-state index in [1.165, 1.54) is 0 Å². The van der Waals surface area contributed by atoms with Crippen molar-refractivity contribution in [1.82, 2.24) is 15.5 Å². The first-order valence-electron chi connectivity index (χ1n) is 7.78. The number of H-pyrrole nitrogens is 1. The maximum Gasteiger partial charge on any atom is 0.306 e. The molecule has 5 heteroatoms. The molecule has 3 N–H and O–H groups in total. The van der Waals surface area contributed by atoms with E-state index >= 15 is 0 Å². The Kier molecular flexibility index (Phi) is 4.53. The molecule has 0 radical (unpaired) electrons. The molecular weight excluding hydrogens is 278 g/mol. The largest absolute Gasteiger partial charge is 0.481 e. The lowest BCUT2D eigenvalue weighted by molar-refractivity contribution is -0.142. The van der Waals surface area contributed by atoms with Gasteiger partial charge in [0.1, 0.15) is 0 Å². The Morgan fingerprint density at radius 3 is 2.64 bits per heavy atom. The first kappa shape index (κ1) is 14.8. The number of carboxylic acids is 1. The number of carbonyl (C=O) groups is 1. The summed E-state index contributed by atoms with van der Waals surface area (Å²) in [5.41, 5.74) is 3.32. The number of nitrogens with one attached hydrogen (secondary N) is 2. The van der Waals surface area contributed by atoms with Crippen LogP contribution in [0, 0.1) is 5.92 Å². The molecule has 1 aromatic carbocycles. The first-order chi connectivity index (χ1) is 10.7. The molecule has 1 aliphatic carbocycles. The van der Waals surface area contributed by atoms with Gasteiger partial charge in [-0.05, 0) is 31.2 Å². The van der Waals surface area contributed by atoms with E-state index < -0.39 is 5.97 Å². The van der Waals surface area contributed by atoms with Gasteiger partial charge in [-0.15, -0.1) is 0 Å². The van der Waals surface area contributed by atoms with Crippen LogP contribution in [0.2, 0.25) is 0 Å². The van der Waals surface area contributed by atoms with Crippen LogP contribution in [-0.4, -0.2) is 27.3 Å². The molecule has 1 aliphatic rings. The van der Waals surface area contributed by atoms with Crippen LogP contribution in [0.5, 0.6) is 0 Å². The minimum absolute atomic E-state index is 0.160. The molecule has 1 heterocycles. The minimum Gasteiger partial charge on any atom is -0.481 e. The summed E-state index contributed by atoms with van der Waals surface area (Å²) >= 11 is 0. The Hall–Kier alpha value is -2.14. The van der Waals surface area contributed by atoms with E-state index in [-0.39, 0.29) is 5.92 Å². The highest BCUT2D eigenvalue weighted by molar-refractivity contribution is 5.70. The molecule has 116 valence electrons. The molecule has 0 amide bonds. The van der Waals surface area contributed by atoms with Gasteiger partial charge in [0.15, 0.2) is 0 Å². The third-order valence-electron chi connectivity index (χ3n) is 4.44. The van der Waals surface area contributed by atoms with Crippen LogP contribution in [0.3, 0.4) is 0 Å². The summed E-state index contributed by atoms with van der Waals surface area (Å²) in [5, 5.41) is 19.8. The topological polar surface area (TPSA) is 78.0 Å². The van der Waals surface area contributed by atoms with Crippen molar-refractivity contribution in [1.29, 1.82) is 0 Å². The average Bonchev–Trinajstić information content (AvgIpc) is 3.02. The van der Waals surface area contributed by atoms with E-state index in [1.807, 2.05) is 24.4 Å². The number of aromatic nitrogens is 2. The van der Waals surface area contributed by atoms with Gasteiger partial charge in [0.05, 0.1) is 17.8 Å². The summed E-state index contributed by atoms with van der Waals surface area (Å²) in [6.45, 7) is 0.753. The lowest BCUT2D eigenvalue weighted by atomic mass is 9.86. The van der Waals surface area contributed by atoms with Crippen LogP contribution in [-0.2, 0) is 11.3 Å². The van der Waals surface area contributed by atoms with Gasteiger partial charge in [0.2, 0.25) is 0 Å². The zero-order valence-electron chi connectivity index (χ0n) is 12.5. The summed E-state index contributed by atoms with van der Waals surface area (Å²) < 4.78 is 0. The highest BCUT2D eigenvalue weighted by atomic mass is 16.4. The fraction of sp³-hybridized carbons (Fsp3) is 0.412. The summed E-state index contributed by atoms with van der Waals surface area (Å²) in [6, 6.07) is 10.6. The van der Waals surface area contributed by atoms with Crippen LogP contribution in [0.1, 0.15) is 31.2 Å². The Balaban J connectivity index is 1.57. The number of aromatic amines is 1. The van der Waals surface area contributed by atoms with Crippen molar-refractivity contribution in [3.63, 3.8) is 0 Å². The van der Waals surface area contributed by atoms with Gasteiger partial charge in [-0.3, -0.25) is 9.89 Å². The van der Waals surface area contributed by atoms with E-state index in [2.05, 4.69) is 27.6 Å². The standard InChI is InChI=1S/C17H21N3O2/c21-17(22)13-6-8-15(9-7-13)18-10-14-11-19-20-16(14)12-4-2-1-3-5-12/h1-5,11,13,15,18H,6-10H2,(H,19,20)(H,21,22). The molecule has 0 aliphatic heterocycles. The van der Waals surface area contributed by atoms with Gasteiger partial charge >= 0.3 is 5.97 Å². The van der Waals surface area contributed by atoms with Crippen molar-refractivity contribution in [3.05, 3.63) is 42.1 Å². The maximum atomic E-state index is 11.0. The Morgan fingerprint density at radius 1 is 1.23 bits per heavy atom. The number of benzene rings is 1. The summed E-state index contributed by atoms with van der Waals surface area (Å²) in [6.07, 6.45) is 5.25. The highest BCUT2D eigenvalue weighted by Gasteiger charge is 2.25. The van der Waals surface area contributed by atoms with Gasteiger partial charge in [-0.2, -0.15) is 5.10 Å². The molecule has 5 nitrogen and oxygen atoms in total. The van der Waals surface area contributed by atoms with Crippen LogP contribution >= 0.6 is 0 Å². The van der Waals surface area contributed by atoms with Gasteiger partial charge in [-0.25, -0.2) is 0 Å². The third kappa shape index (κ3) is 3.36. The SMILES string of the molecule is O=C(O)C1CCC(NCc2cn[nH]c2-c2ccccc2)CC1. The molecule has 0 spiro atoms. The Bertz CT molecular complexity index is 616. The zero-order valence-corrected chi connectivity index (χ0v) is 12.5. The number of rotatable bonds is 5. The summed E-state index contributed by atoms with van der Waals surface area (Å²) in [7, 11) is 0. The van der Waals surface area contributed by atoms with Crippen molar-refractivity contribution in [2.45, 2.75) is 38.3 Å². The molecule has 0 atom stereocenters. The molecular formula is C17H21N3O2. The predicted octanol–water partition coefficient (Wildman–Crippen LogP) is 2.81. The van der Waals surface area contributed by atoms with Crippen molar-refractivity contribution >= 4 is 5.97 Å². The number of aliphatic carboxylic acids is 1. The van der Waals surface area contributed by atoms with Crippen LogP contribution in [0.4, 0.5) is 0 Å². The average molecular weight is 299 g/mol. The molecule has 1 saturated carbocycles. The lowest BCUT2D eigenvalue weighted by Gasteiger charge is -2.26. The molecule has 0 unspecified atom stereocenters. The van der Waals surface area contributed by atoms with E-state index in [0.29, 0.717) is 6.04 Å². The van der Waals surface area contributed by atoms with E-state index in [4.69, 9.17) is 5.11 Å². The van der Waals surface area contributed by atoms with E-state index in [0.717, 1.165) is 49.0 Å². The molecule has 1 aromatic heterocycles. The number of nitrogens with zero attached hydrogens (tertiary/aromatic N) is 1. The fourth-order valence-electron chi connectivity index (χ4n) is 3.10. The number of hydrogen-bond donors (Lipinski definition) is 3. The second-order valence-corrected chi connectivity index (χ2v) is 5.90. The quantitative estimate of drug-likeness (QED) is 0.793. The normalized spacial score (nSPS) is 21.6. The van der Waals surface area contributed by atoms with E-state index in [9.17, 15) is 4.79 Å². The maximum absolute atomic E-state index is 11.0. The Morgan fingerprint density at radius 2 is 1.95 bits per heavy atom. The number of hydrogen-bond acceptors (Lipinski definition) is 3. The second-order valence-electron chi connectivity index (χ2n) is 5.90. The van der Waals surface area contributed by atoms with Crippen LogP contribution < -0.4 is 5.32 Å². The zero-order chi connectivity index (χ0) is 15.4. The lowest BCUT2D eigenvalue weighted by Crippen LogP contribution is -2.34. The van der Waals surface area contributed by atoms with Crippen molar-refractivity contribution in [2.24, 2.45) is 5.92 Å². The first-order valence-corrected chi connectivity index (χ1v) is 7.78.